The van der Waals surface area contributed by atoms with Crippen LogP contribution in [0.1, 0.15) is 33.2 Å². The summed E-state index contributed by atoms with van der Waals surface area (Å²) in [4.78, 5) is 25.8. The fourth-order valence-corrected chi connectivity index (χ4v) is 5.58. The van der Waals surface area contributed by atoms with Gasteiger partial charge in [0.15, 0.2) is 0 Å². The van der Waals surface area contributed by atoms with Crippen LogP contribution in [0.25, 0.3) is 0 Å². The molecule has 0 spiro atoms. The normalized spacial score (nSPS) is 16.9. The molecule has 1 aliphatic rings. The fourth-order valence-electron chi connectivity index (χ4n) is 3.25. The lowest BCUT2D eigenvalue weighted by atomic mass is 10.1. The summed E-state index contributed by atoms with van der Waals surface area (Å²) in [6.45, 7) is 1.79. The van der Waals surface area contributed by atoms with Crippen molar-refractivity contribution in [3.05, 3.63) is 71.3 Å². The number of benzene rings is 2. The molecule has 2 aromatic rings. The van der Waals surface area contributed by atoms with Crippen molar-refractivity contribution in [2.24, 2.45) is 0 Å². The number of carbonyl (C=O) groups is 2. The molecule has 0 aromatic heterocycles. The molecule has 0 saturated heterocycles. The Kier molecular flexibility index (Phi) is 5.90. The van der Waals surface area contributed by atoms with Crippen LogP contribution >= 0.6 is 7.37 Å². The van der Waals surface area contributed by atoms with Crippen LogP contribution in [-0.4, -0.2) is 47.2 Å². The Hall–Kier alpha value is -2.27. The van der Waals surface area contributed by atoms with Gasteiger partial charge in [-0.15, -0.1) is 0 Å². The number of aliphatic hydroxyl groups is 1. The lowest BCUT2D eigenvalue weighted by Gasteiger charge is -2.23. The number of hydrogen-bond donors (Lipinski definition) is 1. The van der Waals surface area contributed by atoms with Gasteiger partial charge >= 0.3 is 0 Å². The molecule has 1 aliphatic heterocycles. The van der Waals surface area contributed by atoms with Crippen molar-refractivity contribution < 1.29 is 23.8 Å². The van der Waals surface area contributed by atoms with Gasteiger partial charge in [0.05, 0.1) is 36.5 Å². The summed E-state index contributed by atoms with van der Waals surface area (Å²) in [7, 11) is -3.17. The molecule has 2 atom stereocenters. The van der Waals surface area contributed by atoms with Crippen molar-refractivity contribution in [3.63, 3.8) is 0 Å². The summed E-state index contributed by atoms with van der Waals surface area (Å²) in [5, 5.41) is 10.5. The average molecular weight is 387 g/mol. The second kappa shape index (κ2) is 8.17. The maximum atomic E-state index is 13.2. The minimum Gasteiger partial charge on any atom is -0.391 e. The number of amides is 2. The summed E-state index contributed by atoms with van der Waals surface area (Å²) >= 11 is 0. The van der Waals surface area contributed by atoms with Crippen LogP contribution in [0.15, 0.2) is 54.6 Å². The number of carbonyl (C=O) groups excluding carboxylic acids is 2. The Bertz CT molecular complexity index is 848. The van der Waals surface area contributed by atoms with E-state index >= 15 is 0 Å². The summed E-state index contributed by atoms with van der Waals surface area (Å²) in [6, 6.07) is 15.8. The van der Waals surface area contributed by atoms with Crippen molar-refractivity contribution >= 4 is 19.2 Å². The molecule has 0 aliphatic carbocycles. The molecule has 2 aromatic carbocycles. The third-order valence-corrected chi connectivity index (χ3v) is 6.94. The third-order valence-electron chi connectivity index (χ3n) is 4.39. The van der Waals surface area contributed by atoms with Gasteiger partial charge in [-0.2, -0.15) is 0 Å². The quantitative estimate of drug-likeness (QED) is 0.556. The molecule has 6 nitrogen and oxygen atoms in total. The van der Waals surface area contributed by atoms with E-state index in [1.807, 2.05) is 30.3 Å². The first-order chi connectivity index (χ1) is 12.9. The van der Waals surface area contributed by atoms with Gasteiger partial charge in [-0.3, -0.25) is 19.1 Å². The van der Waals surface area contributed by atoms with Gasteiger partial charge in [-0.1, -0.05) is 42.5 Å². The van der Waals surface area contributed by atoms with Crippen molar-refractivity contribution in [2.75, 3.05) is 19.3 Å². The number of nitrogens with zero attached hydrogens (tertiary/aromatic N) is 1. The molecule has 1 N–H and O–H groups in total. The zero-order valence-electron chi connectivity index (χ0n) is 15.1. The van der Waals surface area contributed by atoms with Crippen molar-refractivity contribution in [3.8, 4) is 0 Å². The highest BCUT2D eigenvalue weighted by Gasteiger charge is 2.37. The average Bonchev–Trinajstić information content (AvgIpc) is 2.88. The van der Waals surface area contributed by atoms with Gasteiger partial charge in [0.1, 0.15) is 0 Å². The summed E-state index contributed by atoms with van der Waals surface area (Å²) in [5.74, 6) is -0.882. The lowest BCUT2D eigenvalue weighted by molar-refractivity contribution is 0.0562. The number of β-amino-alcohol motifs (C(OH)–C–C–N with tert-alkyl or cyclic N) is 1. The molecular weight excluding hydrogens is 365 g/mol. The minimum absolute atomic E-state index is 0.122. The van der Waals surface area contributed by atoms with Gasteiger partial charge in [0, 0.05) is 6.16 Å². The van der Waals surface area contributed by atoms with Crippen LogP contribution in [-0.2, 0) is 15.3 Å². The van der Waals surface area contributed by atoms with Crippen LogP contribution in [0.5, 0.6) is 0 Å². The van der Waals surface area contributed by atoms with E-state index < -0.39 is 25.3 Å². The van der Waals surface area contributed by atoms with E-state index in [0.29, 0.717) is 11.1 Å². The monoisotopic (exact) mass is 387 g/mol. The molecule has 3 rings (SSSR count). The SMILES string of the molecule is CCOP(=O)(Cc1ccccc1)CC(O)CN1C(=O)c2ccccc2C1=O. The summed E-state index contributed by atoms with van der Waals surface area (Å²) < 4.78 is 18.7. The van der Waals surface area contributed by atoms with Gasteiger partial charge in [0.25, 0.3) is 11.8 Å². The molecule has 2 amide bonds. The molecular formula is C20H22NO5P. The number of aliphatic hydroxyl groups excluding tert-OH is 1. The van der Waals surface area contributed by atoms with Crippen molar-refractivity contribution in [2.45, 2.75) is 19.2 Å². The first kappa shape index (κ1) is 19.5. The highest BCUT2D eigenvalue weighted by atomic mass is 31.2. The number of rotatable bonds is 8. The first-order valence-corrected chi connectivity index (χ1v) is 10.8. The predicted octanol–water partition coefficient (Wildman–Crippen LogP) is 3.16. The zero-order valence-corrected chi connectivity index (χ0v) is 16.0. The standard InChI is InChI=1S/C20H22NO5P/c1-2-26-27(25,13-15-8-4-3-5-9-15)14-16(22)12-21-19(23)17-10-6-7-11-18(17)20(21)24/h3-11,16,22H,2,12-14H2,1H3. The maximum Gasteiger partial charge on any atom is 0.261 e. The Morgan fingerprint density at radius 1 is 1.00 bits per heavy atom. The smallest absolute Gasteiger partial charge is 0.261 e. The molecule has 2 unspecified atom stereocenters. The Morgan fingerprint density at radius 2 is 1.56 bits per heavy atom. The Labute approximate surface area is 158 Å². The van der Waals surface area contributed by atoms with Gasteiger partial charge in [0.2, 0.25) is 7.37 Å². The molecule has 0 saturated carbocycles. The minimum atomic E-state index is -3.17. The number of hydrogen-bond acceptors (Lipinski definition) is 5. The summed E-state index contributed by atoms with van der Waals surface area (Å²) in [6.07, 6.45) is -1.06. The van der Waals surface area contributed by atoms with E-state index in [2.05, 4.69) is 0 Å². The molecule has 142 valence electrons. The number of imide groups is 1. The van der Waals surface area contributed by atoms with Crippen molar-refractivity contribution in [1.29, 1.82) is 0 Å². The molecule has 27 heavy (non-hydrogen) atoms. The van der Waals surface area contributed by atoms with Gasteiger partial charge in [-0.05, 0) is 24.6 Å². The second-order valence-electron chi connectivity index (χ2n) is 6.48. The van der Waals surface area contributed by atoms with Gasteiger partial charge < -0.3 is 9.63 Å². The first-order valence-electron chi connectivity index (χ1n) is 8.83. The van der Waals surface area contributed by atoms with E-state index in [4.69, 9.17) is 4.52 Å². The molecule has 0 fully saturated rings. The number of fused-ring (bicyclic) bond motifs is 1. The lowest BCUT2D eigenvalue weighted by Crippen LogP contribution is -2.38. The zero-order chi connectivity index (χ0) is 19.4. The fraction of sp³-hybridized carbons (Fsp3) is 0.300. The molecule has 7 heteroatoms. The topological polar surface area (TPSA) is 83.9 Å². The van der Waals surface area contributed by atoms with Crippen LogP contribution in [0.2, 0.25) is 0 Å². The van der Waals surface area contributed by atoms with Crippen LogP contribution in [0.4, 0.5) is 0 Å². The van der Waals surface area contributed by atoms with E-state index in [9.17, 15) is 19.3 Å². The maximum absolute atomic E-state index is 13.2. The highest BCUT2D eigenvalue weighted by Crippen LogP contribution is 2.50. The van der Waals surface area contributed by atoms with Crippen LogP contribution in [0, 0.1) is 0 Å². The predicted molar refractivity (Wildman–Crippen MR) is 102 cm³/mol. The molecule has 0 radical (unpaired) electrons. The second-order valence-corrected chi connectivity index (χ2v) is 9.05. The Morgan fingerprint density at radius 3 is 2.11 bits per heavy atom. The van der Waals surface area contributed by atoms with Crippen molar-refractivity contribution in [1.82, 2.24) is 4.90 Å². The van der Waals surface area contributed by atoms with E-state index in [0.717, 1.165) is 10.5 Å². The van der Waals surface area contributed by atoms with Crippen LogP contribution < -0.4 is 0 Å². The summed E-state index contributed by atoms with van der Waals surface area (Å²) in [5.41, 5.74) is 1.50. The van der Waals surface area contributed by atoms with Crippen LogP contribution in [0.3, 0.4) is 0 Å². The molecule has 0 bridgehead atoms. The van der Waals surface area contributed by atoms with E-state index in [1.54, 1.807) is 31.2 Å². The third kappa shape index (κ3) is 4.35. The van der Waals surface area contributed by atoms with E-state index in [1.165, 1.54) is 0 Å². The Balaban J connectivity index is 1.70. The van der Waals surface area contributed by atoms with E-state index in [-0.39, 0.29) is 25.5 Å². The molecule has 1 heterocycles. The largest absolute Gasteiger partial charge is 0.391 e. The highest BCUT2D eigenvalue weighted by molar-refractivity contribution is 7.58. The van der Waals surface area contributed by atoms with Gasteiger partial charge in [-0.25, -0.2) is 0 Å².